The molecule has 3 N–H and O–H groups in total. The second kappa shape index (κ2) is 8.71. The number of hydrogen-bond donors (Lipinski definition) is 3. The van der Waals surface area contributed by atoms with Crippen LogP contribution in [-0.4, -0.2) is 30.8 Å². The van der Waals surface area contributed by atoms with E-state index in [0.717, 1.165) is 35.5 Å². The highest BCUT2D eigenvalue weighted by Gasteiger charge is 2.50. The third-order valence-corrected chi connectivity index (χ3v) is 7.06. The van der Waals surface area contributed by atoms with E-state index in [1.54, 1.807) is 0 Å². The lowest BCUT2D eigenvalue weighted by Gasteiger charge is -2.56. The van der Waals surface area contributed by atoms with Crippen LogP contribution in [0.2, 0.25) is 0 Å². The van der Waals surface area contributed by atoms with Crippen molar-refractivity contribution in [2.45, 2.75) is 71.3 Å². The summed E-state index contributed by atoms with van der Waals surface area (Å²) in [4.78, 5) is 24.3. The van der Waals surface area contributed by atoms with Crippen molar-refractivity contribution in [2.24, 2.45) is 23.2 Å². The summed E-state index contributed by atoms with van der Waals surface area (Å²) in [6, 6.07) is 7.66. The van der Waals surface area contributed by atoms with Gasteiger partial charge in [-0.1, -0.05) is 12.1 Å². The quantitative estimate of drug-likeness (QED) is 0.591. The van der Waals surface area contributed by atoms with Gasteiger partial charge in [-0.15, -0.1) is 0 Å². The highest BCUT2D eigenvalue weighted by molar-refractivity contribution is 5.89. The molecular weight excluding hydrogens is 390 g/mol. The summed E-state index contributed by atoms with van der Waals surface area (Å²) >= 11 is 0. The van der Waals surface area contributed by atoms with E-state index in [1.807, 2.05) is 45.0 Å². The number of alkyl carbamates (subject to hydrolysis) is 1. The number of hydrogen-bond acceptors (Lipinski definition) is 3. The van der Waals surface area contributed by atoms with E-state index in [-0.39, 0.29) is 6.03 Å². The standard InChI is InChI=1S/C25H37N3O3/c1-24(2,3)31-23(30)26-8-7-17-5-4-6-21(12-17)28-22(29)27-16-25-13-18-9-19(14-25)11-20(10-18)15-25/h4-6,12,18-20H,7-11,13-16H2,1-3H3,(H,26,30)(H2,27,28,29). The summed E-state index contributed by atoms with van der Waals surface area (Å²) in [5, 5.41) is 8.92. The summed E-state index contributed by atoms with van der Waals surface area (Å²) in [6.07, 6.45) is 8.39. The van der Waals surface area contributed by atoms with Crippen molar-refractivity contribution in [1.29, 1.82) is 0 Å². The summed E-state index contributed by atoms with van der Waals surface area (Å²) in [5.41, 5.74) is 1.66. The minimum absolute atomic E-state index is 0.125. The van der Waals surface area contributed by atoms with E-state index in [0.29, 0.717) is 18.4 Å². The van der Waals surface area contributed by atoms with E-state index in [4.69, 9.17) is 4.74 Å². The maximum Gasteiger partial charge on any atom is 0.407 e. The molecule has 0 heterocycles. The van der Waals surface area contributed by atoms with Crippen molar-refractivity contribution in [2.75, 3.05) is 18.4 Å². The van der Waals surface area contributed by atoms with E-state index in [2.05, 4.69) is 16.0 Å². The Balaban J connectivity index is 1.22. The molecule has 4 aliphatic rings. The molecule has 170 valence electrons. The number of nitrogens with one attached hydrogen (secondary N) is 3. The number of ether oxygens (including phenoxy) is 1. The van der Waals surface area contributed by atoms with Gasteiger partial charge in [-0.3, -0.25) is 0 Å². The zero-order valence-corrected chi connectivity index (χ0v) is 19.1. The van der Waals surface area contributed by atoms with Crippen LogP contribution >= 0.6 is 0 Å². The number of carbonyl (C=O) groups is 2. The number of carbonyl (C=O) groups excluding carboxylic acids is 2. The summed E-state index contributed by atoms with van der Waals surface area (Å²) in [7, 11) is 0. The van der Waals surface area contributed by atoms with Gasteiger partial charge < -0.3 is 20.7 Å². The number of anilines is 1. The summed E-state index contributed by atoms with van der Waals surface area (Å²) in [5.74, 6) is 2.67. The molecule has 4 fully saturated rings. The fraction of sp³-hybridized carbons (Fsp3) is 0.680. The Bertz CT molecular complexity index is 779. The molecule has 0 atom stereocenters. The SMILES string of the molecule is CC(C)(C)OC(=O)NCCc1cccc(NC(=O)NCC23CC4CC(CC(C4)C2)C3)c1. The van der Waals surface area contributed by atoms with Gasteiger partial charge in [0.1, 0.15) is 5.60 Å². The van der Waals surface area contributed by atoms with Crippen LogP contribution in [0.3, 0.4) is 0 Å². The van der Waals surface area contributed by atoms with Crippen molar-refractivity contribution in [3.8, 4) is 0 Å². The number of benzene rings is 1. The Kier molecular flexibility index (Phi) is 6.18. The monoisotopic (exact) mass is 427 g/mol. The molecule has 4 saturated carbocycles. The first-order valence-corrected chi connectivity index (χ1v) is 11.8. The number of rotatable bonds is 6. The van der Waals surface area contributed by atoms with Crippen LogP contribution in [0.1, 0.15) is 64.9 Å². The number of amides is 3. The largest absolute Gasteiger partial charge is 0.444 e. The van der Waals surface area contributed by atoms with Crippen molar-refractivity contribution < 1.29 is 14.3 Å². The minimum Gasteiger partial charge on any atom is -0.444 e. The Labute approximate surface area is 185 Å². The first-order valence-electron chi connectivity index (χ1n) is 11.8. The normalized spacial score (nSPS) is 28.8. The molecule has 1 aromatic carbocycles. The number of urea groups is 1. The minimum atomic E-state index is -0.503. The Morgan fingerprint density at radius 3 is 2.29 bits per heavy atom. The van der Waals surface area contributed by atoms with Crippen LogP contribution in [0.25, 0.3) is 0 Å². The molecule has 6 nitrogen and oxygen atoms in total. The molecule has 1 aromatic rings. The van der Waals surface area contributed by atoms with Gasteiger partial charge in [-0.2, -0.15) is 0 Å². The molecule has 0 aliphatic heterocycles. The zero-order chi connectivity index (χ0) is 22.1. The van der Waals surface area contributed by atoms with Crippen molar-refractivity contribution >= 4 is 17.8 Å². The van der Waals surface area contributed by atoms with Gasteiger partial charge in [-0.25, -0.2) is 9.59 Å². The second-order valence-corrected chi connectivity index (χ2v) is 11.1. The highest BCUT2D eigenvalue weighted by Crippen LogP contribution is 2.59. The maximum absolute atomic E-state index is 12.6. The molecule has 31 heavy (non-hydrogen) atoms. The van der Waals surface area contributed by atoms with Crippen LogP contribution in [0.4, 0.5) is 15.3 Å². The molecule has 0 unspecified atom stereocenters. The Hall–Kier alpha value is -2.24. The maximum atomic E-state index is 12.6. The van der Waals surface area contributed by atoms with Gasteiger partial charge in [-0.05, 0) is 107 Å². The Morgan fingerprint density at radius 2 is 1.68 bits per heavy atom. The molecular formula is C25H37N3O3. The first-order chi connectivity index (χ1) is 14.7. The van der Waals surface area contributed by atoms with Crippen molar-refractivity contribution in [1.82, 2.24) is 10.6 Å². The fourth-order valence-electron chi connectivity index (χ4n) is 6.38. The first kappa shape index (κ1) is 22.0. The average Bonchev–Trinajstić information content (AvgIpc) is 2.64. The van der Waals surface area contributed by atoms with E-state index >= 15 is 0 Å². The van der Waals surface area contributed by atoms with Gasteiger partial charge in [0.15, 0.2) is 0 Å². The van der Waals surface area contributed by atoms with Crippen LogP contribution in [0.5, 0.6) is 0 Å². The van der Waals surface area contributed by atoms with E-state index in [9.17, 15) is 9.59 Å². The van der Waals surface area contributed by atoms with Gasteiger partial charge in [0.05, 0.1) is 0 Å². The van der Waals surface area contributed by atoms with Crippen molar-refractivity contribution in [3.05, 3.63) is 29.8 Å². The molecule has 3 amide bonds. The van der Waals surface area contributed by atoms with Gasteiger partial charge in [0, 0.05) is 18.8 Å². The molecule has 0 spiro atoms. The molecule has 0 aromatic heterocycles. The highest BCUT2D eigenvalue weighted by atomic mass is 16.6. The van der Waals surface area contributed by atoms with Crippen LogP contribution in [0, 0.1) is 23.2 Å². The lowest BCUT2D eigenvalue weighted by atomic mass is 9.49. The smallest absolute Gasteiger partial charge is 0.407 e. The third-order valence-electron chi connectivity index (χ3n) is 7.06. The molecule has 4 bridgehead atoms. The second-order valence-electron chi connectivity index (χ2n) is 11.1. The predicted molar refractivity (Wildman–Crippen MR) is 122 cm³/mol. The Morgan fingerprint density at radius 1 is 1.03 bits per heavy atom. The molecule has 4 aliphatic carbocycles. The predicted octanol–water partition coefficient (Wildman–Crippen LogP) is 5.09. The average molecular weight is 428 g/mol. The molecule has 6 heteroatoms. The fourth-order valence-corrected chi connectivity index (χ4v) is 6.38. The van der Waals surface area contributed by atoms with Crippen LogP contribution < -0.4 is 16.0 Å². The zero-order valence-electron chi connectivity index (χ0n) is 19.1. The lowest BCUT2D eigenvalue weighted by molar-refractivity contribution is -0.0496. The molecule has 0 saturated heterocycles. The third kappa shape index (κ3) is 5.92. The van der Waals surface area contributed by atoms with Crippen LogP contribution in [0.15, 0.2) is 24.3 Å². The summed E-state index contributed by atoms with van der Waals surface area (Å²) in [6.45, 7) is 6.81. The van der Waals surface area contributed by atoms with E-state index in [1.165, 1.54) is 38.5 Å². The van der Waals surface area contributed by atoms with Gasteiger partial charge in [0.25, 0.3) is 0 Å². The van der Waals surface area contributed by atoms with Gasteiger partial charge in [0.2, 0.25) is 0 Å². The van der Waals surface area contributed by atoms with Crippen LogP contribution in [-0.2, 0) is 11.2 Å². The summed E-state index contributed by atoms with van der Waals surface area (Å²) < 4.78 is 5.25. The molecule has 5 rings (SSSR count). The molecule has 0 radical (unpaired) electrons. The topological polar surface area (TPSA) is 79.5 Å². The van der Waals surface area contributed by atoms with Crippen molar-refractivity contribution in [3.63, 3.8) is 0 Å². The van der Waals surface area contributed by atoms with Gasteiger partial charge >= 0.3 is 12.1 Å². The lowest BCUT2D eigenvalue weighted by Crippen LogP contribution is -2.51. The van der Waals surface area contributed by atoms with E-state index < -0.39 is 11.7 Å².